The summed E-state index contributed by atoms with van der Waals surface area (Å²) in [6.07, 6.45) is 7.49. The third kappa shape index (κ3) is 1.91. The summed E-state index contributed by atoms with van der Waals surface area (Å²) in [6, 6.07) is 0. The Kier molecular flexibility index (Phi) is 2.97. The molecule has 0 unspecified atom stereocenters. The van der Waals surface area contributed by atoms with E-state index >= 15 is 0 Å². The van der Waals surface area contributed by atoms with Gasteiger partial charge in [-0.05, 0) is 12.8 Å². The first-order chi connectivity index (χ1) is 5.75. The molecule has 2 heteroatoms. The Morgan fingerprint density at radius 2 is 2.17 bits per heavy atom. The minimum Gasteiger partial charge on any atom is -0.244 e. The molecule has 0 spiro atoms. The van der Waals surface area contributed by atoms with Crippen LogP contribution in [-0.2, 0) is 0 Å². The van der Waals surface area contributed by atoms with E-state index in [9.17, 15) is 0 Å². The molecule has 2 nitrogen and oxygen atoms in total. The summed E-state index contributed by atoms with van der Waals surface area (Å²) in [5, 5.41) is 0. The van der Waals surface area contributed by atoms with E-state index in [0.29, 0.717) is 5.92 Å². The average Bonchev–Trinajstić information content (AvgIpc) is 2.05. The number of hydrogen-bond acceptors (Lipinski definition) is 2. The quantitative estimate of drug-likeness (QED) is 0.668. The lowest BCUT2D eigenvalue weighted by Gasteiger charge is -2.06. The first-order valence-corrected chi connectivity index (χ1v) is 4.18. The van der Waals surface area contributed by atoms with Crippen LogP contribution >= 0.6 is 0 Å². The van der Waals surface area contributed by atoms with Crippen molar-refractivity contribution < 1.29 is 0 Å². The molecular formula is C10H14N2. The average molecular weight is 162 g/mol. The molecule has 0 saturated heterocycles. The van der Waals surface area contributed by atoms with Crippen LogP contribution in [0, 0.1) is 0 Å². The van der Waals surface area contributed by atoms with Crippen LogP contribution in [0.5, 0.6) is 0 Å². The molecule has 0 aliphatic carbocycles. The summed E-state index contributed by atoms with van der Waals surface area (Å²) in [5.74, 6) is 0.458. The highest BCUT2D eigenvalue weighted by Crippen LogP contribution is 2.16. The van der Waals surface area contributed by atoms with Gasteiger partial charge in [0, 0.05) is 11.8 Å². The second-order valence-corrected chi connectivity index (χ2v) is 3.02. The molecule has 0 aliphatic rings. The summed E-state index contributed by atoms with van der Waals surface area (Å²) < 4.78 is 0. The highest BCUT2D eigenvalue weighted by molar-refractivity contribution is 5.50. The zero-order valence-electron chi connectivity index (χ0n) is 7.78. The zero-order chi connectivity index (χ0) is 8.97. The van der Waals surface area contributed by atoms with E-state index in [1.165, 1.54) is 0 Å². The molecule has 0 fully saturated rings. The van der Waals surface area contributed by atoms with Crippen LogP contribution in [0.3, 0.4) is 0 Å². The number of aromatic nitrogens is 2. The van der Waals surface area contributed by atoms with Crippen LogP contribution in [0.25, 0.3) is 6.08 Å². The molecule has 0 N–H and O–H groups in total. The fraction of sp³-hybridized carbons (Fsp3) is 0.400. The summed E-state index contributed by atoms with van der Waals surface area (Å²) in [6.45, 7) is 6.27. The normalized spacial score (nSPS) is 11.3. The maximum absolute atomic E-state index is 4.23. The molecule has 64 valence electrons. The molecule has 1 rings (SSSR count). The Morgan fingerprint density at radius 1 is 1.42 bits per heavy atom. The fourth-order valence-electron chi connectivity index (χ4n) is 1.14. The number of allylic oxidation sites excluding steroid dienone is 1. The highest BCUT2D eigenvalue weighted by atomic mass is 14.8. The van der Waals surface area contributed by atoms with E-state index in [2.05, 4.69) is 23.8 Å². The maximum atomic E-state index is 4.23. The molecule has 0 aliphatic heterocycles. The summed E-state index contributed by atoms with van der Waals surface area (Å²) in [5.41, 5.74) is 2.23. The standard InChI is InChI=1S/C10H14N2/c1-4-5-9-6-11-7-12-10(9)8(2)3/h4-8H,1-3H3/b5-4+. The van der Waals surface area contributed by atoms with Crippen molar-refractivity contribution in [1.82, 2.24) is 9.97 Å². The molecule has 0 radical (unpaired) electrons. The molecule has 1 aromatic heterocycles. The lowest BCUT2D eigenvalue weighted by molar-refractivity contribution is 0.810. The number of nitrogens with zero attached hydrogens (tertiary/aromatic N) is 2. The van der Waals surface area contributed by atoms with Gasteiger partial charge in [-0.25, -0.2) is 9.97 Å². The van der Waals surface area contributed by atoms with Crippen molar-refractivity contribution >= 4 is 6.08 Å². The zero-order valence-corrected chi connectivity index (χ0v) is 7.78. The van der Waals surface area contributed by atoms with Crippen LogP contribution in [0.1, 0.15) is 37.9 Å². The molecule has 1 aromatic rings. The fourth-order valence-corrected chi connectivity index (χ4v) is 1.14. The molecular weight excluding hydrogens is 148 g/mol. The second-order valence-electron chi connectivity index (χ2n) is 3.02. The van der Waals surface area contributed by atoms with Crippen molar-refractivity contribution in [2.75, 3.05) is 0 Å². The van der Waals surface area contributed by atoms with E-state index in [1.807, 2.05) is 25.3 Å². The third-order valence-electron chi connectivity index (χ3n) is 1.67. The number of hydrogen-bond donors (Lipinski definition) is 0. The van der Waals surface area contributed by atoms with E-state index < -0.39 is 0 Å². The van der Waals surface area contributed by atoms with Crippen LogP contribution in [0.15, 0.2) is 18.6 Å². The van der Waals surface area contributed by atoms with Gasteiger partial charge in [0.2, 0.25) is 0 Å². The highest BCUT2D eigenvalue weighted by Gasteiger charge is 2.04. The molecule has 12 heavy (non-hydrogen) atoms. The molecule has 1 heterocycles. The predicted octanol–water partition coefficient (Wildman–Crippen LogP) is 2.63. The predicted molar refractivity (Wildman–Crippen MR) is 50.8 cm³/mol. The van der Waals surface area contributed by atoms with Gasteiger partial charge in [-0.3, -0.25) is 0 Å². The first-order valence-electron chi connectivity index (χ1n) is 4.18. The van der Waals surface area contributed by atoms with Gasteiger partial charge in [0.1, 0.15) is 6.33 Å². The monoisotopic (exact) mass is 162 g/mol. The van der Waals surface area contributed by atoms with Crippen LogP contribution in [0.2, 0.25) is 0 Å². The molecule has 0 saturated carbocycles. The summed E-state index contributed by atoms with van der Waals surface area (Å²) >= 11 is 0. The lowest BCUT2D eigenvalue weighted by atomic mass is 10.1. The Morgan fingerprint density at radius 3 is 2.75 bits per heavy atom. The van der Waals surface area contributed by atoms with Crippen LogP contribution in [-0.4, -0.2) is 9.97 Å². The van der Waals surface area contributed by atoms with Gasteiger partial charge in [0.05, 0.1) is 5.69 Å². The van der Waals surface area contributed by atoms with Gasteiger partial charge in [-0.2, -0.15) is 0 Å². The SMILES string of the molecule is C/C=C/c1cncnc1C(C)C. The Labute approximate surface area is 73.4 Å². The minimum atomic E-state index is 0.458. The van der Waals surface area contributed by atoms with Gasteiger partial charge in [-0.1, -0.05) is 26.0 Å². The van der Waals surface area contributed by atoms with Gasteiger partial charge in [0.15, 0.2) is 0 Å². The molecule has 0 atom stereocenters. The third-order valence-corrected chi connectivity index (χ3v) is 1.67. The van der Waals surface area contributed by atoms with E-state index in [1.54, 1.807) is 6.33 Å². The number of rotatable bonds is 2. The molecule has 0 bridgehead atoms. The largest absolute Gasteiger partial charge is 0.244 e. The topological polar surface area (TPSA) is 25.8 Å². The summed E-state index contributed by atoms with van der Waals surface area (Å²) in [7, 11) is 0. The van der Waals surface area contributed by atoms with Gasteiger partial charge in [-0.15, -0.1) is 0 Å². The van der Waals surface area contributed by atoms with Crippen molar-refractivity contribution in [3.63, 3.8) is 0 Å². The van der Waals surface area contributed by atoms with Crippen molar-refractivity contribution in [2.45, 2.75) is 26.7 Å². The van der Waals surface area contributed by atoms with Crippen molar-refractivity contribution in [1.29, 1.82) is 0 Å². The van der Waals surface area contributed by atoms with E-state index in [4.69, 9.17) is 0 Å². The van der Waals surface area contributed by atoms with Crippen LogP contribution in [0.4, 0.5) is 0 Å². The van der Waals surface area contributed by atoms with Gasteiger partial charge < -0.3 is 0 Å². The smallest absolute Gasteiger partial charge is 0.115 e. The van der Waals surface area contributed by atoms with Crippen LogP contribution < -0.4 is 0 Å². The lowest BCUT2D eigenvalue weighted by Crippen LogP contribution is -1.96. The van der Waals surface area contributed by atoms with E-state index in [-0.39, 0.29) is 0 Å². The maximum Gasteiger partial charge on any atom is 0.115 e. The summed E-state index contributed by atoms with van der Waals surface area (Å²) in [4.78, 5) is 8.22. The van der Waals surface area contributed by atoms with Crippen molar-refractivity contribution in [2.24, 2.45) is 0 Å². The van der Waals surface area contributed by atoms with E-state index in [0.717, 1.165) is 11.3 Å². The molecule has 0 amide bonds. The first kappa shape index (κ1) is 8.91. The Bertz CT molecular complexity index is 277. The Balaban J connectivity index is 3.08. The Hall–Kier alpha value is -1.18. The van der Waals surface area contributed by atoms with Gasteiger partial charge in [0.25, 0.3) is 0 Å². The van der Waals surface area contributed by atoms with Gasteiger partial charge >= 0.3 is 0 Å². The molecule has 0 aromatic carbocycles. The minimum absolute atomic E-state index is 0.458. The second kappa shape index (κ2) is 4.00. The van der Waals surface area contributed by atoms with Crippen molar-refractivity contribution in [3.05, 3.63) is 29.9 Å². The van der Waals surface area contributed by atoms with Crippen molar-refractivity contribution in [3.8, 4) is 0 Å².